The molecule has 1 amide bonds. The number of methoxy groups -OCH3 is 2. The highest BCUT2D eigenvalue weighted by Gasteiger charge is 2.29. The van der Waals surface area contributed by atoms with Gasteiger partial charge in [-0.25, -0.2) is 4.79 Å². The quantitative estimate of drug-likeness (QED) is 0.725. The van der Waals surface area contributed by atoms with Gasteiger partial charge in [0.25, 0.3) is 5.91 Å². The molecule has 1 aliphatic heterocycles. The number of carbonyl (C=O) groups excluding carboxylic acids is 2. The minimum atomic E-state index is -0.416. The van der Waals surface area contributed by atoms with Gasteiger partial charge in [0.1, 0.15) is 16.5 Å². The van der Waals surface area contributed by atoms with E-state index in [2.05, 4.69) is 12.2 Å². The molecule has 2 aromatic rings. The van der Waals surface area contributed by atoms with Crippen LogP contribution in [0.15, 0.2) is 36.1 Å². The van der Waals surface area contributed by atoms with E-state index in [0.717, 1.165) is 35.3 Å². The highest BCUT2D eigenvalue weighted by atomic mass is 32.1. The van der Waals surface area contributed by atoms with Crippen molar-refractivity contribution in [1.82, 2.24) is 0 Å². The summed E-state index contributed by atoms with van der Waals surface area (Å²) in [5, 5.41) is 3.47. The van der Waals surface area contributed by atoms with Gasteiger partial charge < -0.3 is 19.5 Å². The highest BCUT2D eigenvalue weighted by Crippen LogP contribution is 2.40. The monoisotopic (exact) mass is 425 g/mol. The Kier molecular flexibility index (Phi) is 5.63. The first-order valence-electron chi connectivity index (χ1n) is 9.77. The summed E-state index contributed by atoms with van der Waals surface area (Å²) in [5.74, 6) is 1.12. The Hall–Kier alpha value is -3.06. The summed E-state index contributed by atoms with van der Waals surface area (Å²) in [4.78, 5) is 26.7. The second-order valence-corrected chi connectivity index (χ2v) is 8.53. The Morgan fingerprint density at radius 1 is 1.27 bits per heavy atom. The van der Waals surface area contributed by atoms with Crippen molar-refractivity contribution in [2.75, 3.05) is 19.5 Å². The lowest BCUT2D eigenvalue weighted by Crippen LogP contribution is -2.16. The Labute approximate surface area is 179 Å². The largest absolute Gasteiger partial charge is 0.497 e. The molecule has 0 saturated heterocycles. The summed E-state index contributed by atoms with van der Waals surface area (Å²) in [6.07, 6.45) is 7.57. The van der Waals surface area contributed by atoms with Gasteiger partial charge in [-0.3, -0.25) is 4.79 Å². The standard InChI is InChI=1S/C23H23NO5S/c1-13-4-6-17-19(10-13)30-22(20(17)23(26)28-3)24-21(25)14-8-9-29-18-7-5-16(27-2)12-15(18)11-14/h5,7-9,11-13H,4,6,10H2,1-3H3,(H,24,25)/t13-/m1/s1. The van der Waals surface area contributed by atoms with Crippen LogP contribution in [0.1, 0.15) is 39.7 Å². The molecule has 6 nitrogen and oxygen atoms in total. The van der Waals surface area contributed by atoms with Crippen molar-refractivity contribution in [2.24, 2.45) is 5.92 Å². The Morgan fingerprint density at radius 3 is 2.87 bits per heavy atom. The molecule has 0 bridgehead atoms. The van der Waals surface area contributed by atoms with Crippen LogP contribution in [0.5, 0.6) is 11.5 Å². The molecule has 1 aromatic heterocycles. The Balaban J connectivity index is 1.67. The van der Waals surface area contributed by atoms with Gasteiger partial charge in [-0.05, 0) is 61.1 Å². The molecule has 0 radical (unpaired) electrons. The molecular weight excluding hydrogens is 402 g/mol. The van der Waals surface area contributed by atoms with Crippen LogP contribution in [0.4, 0.5) is 5.00 Å². The van der Waals surface area contributed by atoms with Crippen molar-refractivity contribution in [3.05, 3.63) is 57.7 Å². The molecule has 0 saturated carbocycles. The normalized spacial score (nSPS) is 17.0. The zero-order chi connectivity index (χ0) is 21.3. The van der Waals surface area contributed by atoms with Crippen molar-refractivity contribution in [3.63, 3.8) is 0 Å². The molecule has 1 N–H and O–H groups in total. The van der Waals surface area contributed by atoms with Gasteiger partial charge in [-0.2, -0.15) is 0 Å². The maximum Gasteiger partial charge on any atom is 0.341 e. The minimum Gasteiger partial charge on any atom is -0.497 e. The van der Waals surface area contributed by atoms with Crippen LogP contribution in [0.2, 0.25) is 0 Å². The summed E-state index contributed by atoms with van der Waals surface area (Å²) in [6, 6.07) is 5.39. The number of anilines is 1. The third kappa shape index (κ3) is 3.85. The molecule has 0 unspecified atom stereocenters. The van der Waals surface area contributed by atoms with Gasteiger partial charge in [0.05, 0.1) is 26.0 Å². The minimum absolute atomic E-state index is 0.317. The fourth-order valence-corrected chi connectivity index (χ4v) is 5.14. The number of carbonyl (C=O) groups is 2. The van der Waals surface area contributed by atoms with Gasteiger partial charge in [-0.1, -0.05) is 6.92 Å². The lowest BCUT2D eigenvalue weighted by atomic mass is 9.88. The number of benzene rings is 1. The molecule has 1 aromatic carbocycles. The predicted molar refractivity (Wildman–Crippen MR) is 116 cm³/mol. The van der Waals surface area contributed by atoms with E-state index in [1.54, 1.807) is 37.5 Å². The van der Waals surface area contributed by atoms with E-state index >= 15 is 0 Å². The summed E-state index contributed by atoms with van der Waals surface area (Å²) in [6.45, 7) is 2.20. The van der Waals surface area contributed by atoms with Crippen molar-refractivity contribution < 1.29 is 23.8 Å². The number of nitrogens with one attached hydrogen (secondary N) is 1. The second kappa shape index (κ2) is 8.36. The molecule has 1 aliphatic carbocycles. The maximum atomic E-state index is 13.1. The van der Waals surface area contributed by atoms with Crippen molar-refractivity contribution in [3.8, 4) is 11.5 Å². The zero-order valence-electron chi connectivity index (χ0n) is 17.1. The first-order chi connectivity index (χ1) is 14.5. The molecule has 156 valence electrons. The average molecular weight is 426 g/mol. The lowest BCUT2D eigenvalue weighted by Gasteiger charge is -2.18. The first-order valence-corrected chi connectivity index (χ1v) is 10.6. The van der Waals surface area contributed by atoms with Gasteiger partial charge in [0.15, 0.2) is 0 Å². The van der Waals surface area contributed by atoms with Crippen molar-refractivity contribution in [2.45, 2.75) is 26.2 Å². The SMILES string of the molecule is COC(=O)c1c(NC(=O)C2=Cc3cc(OC)ccc3OC=C2)sc2c1CC[C@@H](C)C2. The van der Waals surface area contributed by atoms with Gasteiger partial charge in [0, 0.05) is 16.0 Å². The van der Waals surface area contributed by atoms with Gasteiger partial charge >= 0.3 is 5.97 Å². The Bertz CT molecular complexity index is 1070. The predicted octanol–water partition coefficient (Wildman–Crippen LogP) is 4.60. The summed E-state index contributed by atoms with van der Waals surface area (Å²) >= 11 is 1.46. The van der Waals surface area contributed by atoms with Crippen LogP contribution in [-0.4, -0.2) is 26.1 Å². The van der Waals surface area contributed by atoms with Crippen LogP contribution in [0, 0.1) is 5.92 Å². The van der Waals surface area contributed by atoms with Gasteiger partial charge in [-0.15, -0.1) is 11.3 Å². The summed E-state index contributed by atoms with van der Waals surface area (Å²) in [7, 11) is 2.95. The number of rotatable bonds is 4. The number of ether oxygens (including phenoxy) is 3. The third-order valence-electron chi connectivity index (χ3n) is 5.36. The topological polar surface area (TPSA) is 73.9 Å². The molecule has 1 atom stereocenters. The van der Waals surface area contributed by atoms with E-state index < -0.39 is 5.97 Å². The van der Waals surface area contributed by atoms with Crippen molar-refractivity contribution in [1.29, 1.82) is 0 Å². The lowest BCUT2D eigenvalue weighted by molar-refractivity contribution is -0.112. The van der Waals surface area contributed by atoms with E-state index in [1.165, 1.54) is 24.7 Å². The molecule has 7 heteroatoms. The van der Waals surface area contributed by atoms with E-state index in [1.807, 2.05) is 0 Å². The van der Waals surface area contributed by atoms with Crippen LogP contribution < -0.4 is 14.8 Å². The summed E-state index contributed by atoms with van der Waals surface area (Å²) in [5.41, 5.74) is 2.63. The molecule has 2 heterocycles. The molecule has 0 fully saturated rings. The molecule has 0 spiro atoms. The van der Waals surface area contributed by atoms with E-state index in [0.29, 0.717) is 33.6 Å². The second-order valence-electron chi connectivity index (χ2n) is 7.43. The van der Waals surface area contributed by atoms with E-state index in [9.17, 15) is 9.59 Å². The number of esters is 1. The molecular formula is C23H23NO5S. The number of thiophene rings is 1. The number of hydrogen-bond acceptors (Lipinski definition) is 6. The number of fused-ring (bicyclic) bond motifs is 2. The third-order valence-corrected chi connectivity index (χ3v) is 6.53. The van der Waals surface area contributed by atoms with Gasteiger partial charge in [0.2, 0.25) is 0 Å². The Morgan fingerprint density at radius 2 is 2.10 bits per heavy atom. The molecule has 30 heavy (non-hydrogen) atoms. The highest BCUT2D eigenvalue weighted by molar-refractivity contribution is 7.17. The first kappa shape index (κ1) is 20.2. The fourth-order valence-electron chi connectivity index (χ4n) is 3.74. The van der Waals surface area contributed by atoms with Crippen LogP contribution >= 0.6 is 11.3 Å². The van der Waals surface area contributed by atoms with Crippen LogP contribution in [0.3, 0.4) is 0 Å². The molecule has 4 rings (SSSR count). The number of amides is 1. The maximum absolute atomic E-state index is 13.1. The zero-order valence-corrected chi connectivity index (χ0v) is 17.9. The van der Waals surface area contributed by atoms with Crippen molar-refractivity contribution >= 4 is 34.3 Å². The van der Waals surface area contributed by atoms with E-state index in [4.69, 9.17) is 14.2 Å². The summed E-state index contributed by atoms with van der Waals surface area (Å²) < 4.78 is 15.9. The van der Waals surface area contributed by atoms with Crippen LogP contribution in [-0.2, 0) is 22.4 Å². The molecule has 2 aliphatic rings. The van der Waals surface area contributed by atoms with E-state index in [-0.39, 0.29) is 5.91 Å². The fraction of sp³-hybridized carbons (Fsp3) is 0.304. The number of hydrogen-bond donors (Lipinski definition) is 1. The smallest absolute Gasteiger partial charge is 0.341 e. The van der Waals surface area contributed by atoms with Crippen LogP contribution in [0.25, 0.3) is 6.08 Å². The average Bonchev–Trinajstić information content (AvgIpc) is 2.94.